The predicted molar refractivity (Wildman–Crippen MR) is 109 cm³/mol. The third-order valence-corrected chi connectivity index (χ3v) is 4.90. The normalized spacial score (nSPS) is 10.8. The zero-order chi connectivity index (χ0) is 19.3. The zero-order valence-corrected chi connectivity index (χ0v) is 17.2. The quantitative estimate of drug-likeness (QED) is 0.250. The van der Waals surface area contributed by atoms with Gasteiger partial charge < -0.3 is 10.4 Å². The van der Waals surface area contributed by atoms with E-state index in [0.29, 0.717) is 19.4 Å². The minimum absolute atomic E-state index is 0.0603. The van der Waals surface area contributed by atoms with Gasteiger partial charge in [-0.15, -0.1) is 0 Å². The summed E-state index contributed by atoms with van der Waals surface area (Å²) in [6.45, 7) is 2.74. The second kappa shape index (κ2) is 20.3. The minimum Gasteiger partial charge on any atom is -0.481 e. The van der Waals surface area contributed by atoms with Crippen molar-refractivity contribution in [2.45, 2.75) is 122 Å². The molecule has 0 aromatic carbocycles. The van der Waals surface area contributed by atoms with E-state index in [1.54, 1.807) is 0 Å². The van der Waals surface area contributed by atoms with Crippen LogP contribution in [0.5, 0.6) is 0 Å². The first-order chi connectivity index (χ1) is 12.7. The summed E-state index contributed by atoms with van der Waals surface area (Å²) in [7, 11) is 0. The summed E-state index contributed by atoms with van der Waals surface area (Å²) in [6.07, 6.45) is 21.1. The largest absolute Gasteiger partial charge is 0.481 e. The maximum absolute atomic E-state index is 11.6. The van der Waals surface area contributed by atoms with E-state index >= 15 is 0 Å². The van der Waals surface area contributed by atoms with Crippen molar-refractivity contribution in [3.63, 3.8) is 0 Å². The zero-order valence-electron chi connectivity index (χ0n) is 17.2. The van der Waals surface area contributed by atoms with E-state index in [1.807, 2.05) is 0 Å². The molecule has 0 aromatic rings. The lowest BCUT2D eigenvalue weighted by Crippen LogP contribution is -2.24. The second-order valence-corrected chi connectivity index (χ2v) is 7.55. The van der Waals surface area contributed by atoms with Crippen molar-refractivity contribution < 1.29 is 14.7 Å². The first kappa shape index (κ1) is 24.9. The smallest absolute Gasteiger partial charge is 0.303 e. The fourth-order valence-corrected chi connectivity index (χ4v) is 3.21. The highest BCUT2D eigenvalue weighted by Crippen LogP contribution is 2.13. The molecule has 0 spiro atoms. The van der Waals surface area contributed by atoms with Crippen molar-refractivity contribution in [2.75, 3.05) is 6.54 Å². The van der Waals surface area contributed by atoms with Crippen molar-refractivity contribution in [1.29, 1.82) is 0 Å². The van der Waals surface area contributed by atoms with Crippen LogP contribution in [-0.4, -0.2) is 23.5 Å². The van der Waals surface area contributed by atoms with Gasteiger partial charge in [-0.05, 0) is 12.8 Å². The van der Waals surface area contributed by atoms with Gasteiger partial charge in [-0.25, -0.2) is 0 Å². The van der Waals surface area contributed by atoms with Gasteiger partial charge in [0, 0.05) is 19.4 Å². The number of nitrogens with one attached hydrogen (secondary N) is 1. The molecule has 154 valence electrons. The number of carboxylic acids is 1. The topological polar surface area (TPSA) is 66.4 Å². The van der Waals surface area contributed by atoms with Crippen LogP contribution in [0, 0.1) is 0 Å². The number of aliphatic carboxylic acids is 1. The maximum atomic E-state index is 11.6. The molecule has 0 aromatic heterocycles. The highest BCUT2D eigenvalue weighted by molar-refractivity contribution is 5.75. The number of unbranched alkanes of at least 4 members (excludes halogenated alkanes) is 14. The minimum atomic E-state index is -0.804. The van der Waals surface area contributed by atoms with Crippen LogP contribution < -0.4 is 5.32 Å². The van der Waals surface area contributed by atoms with Crippen LogP contribution in [0.1, 0.15) is 122 Å². The van der Waals surface area contributed by atoms with Crippen molar-refractivity contribution >= 4 is 11.9 Å². The Labute approximate surface area is 161 Å². The molecular weight excluding hydrogens is 326 g/mol. The molecule has 4 heteroatoms. The number of amides is 1. The molecule has 4 nitrogen and oxygen atoms in total. The maximum Gasteiger partial charge on any atom is 0.303 e. The van der Waals surface area contributed by atoms with Crippen LogP contribution in [0.2, 0.25) is 0 Å². The summed E-state index contributed by atoms with van der Waals surface area (Å²) in [5, 5.41) is 11.3. The van der Waals surface area contributed by atoms with Crippen LogP contribution in [-0.2, 0) is 9.59 Å². The van der Waals surface area contributed by atoms with E-state index in [1.165, 1.54) is 83.5 Å². The lowest BCUT2D eigenvalue weighted by molar-refractivity contribution is -0.137. The van der Waals surface area contributed by atoms with Crippen LogP contribution in [0.15, 0.2) is 0 Å². The van der Waals surface area contributed by atoms with Gasteiger partial charge in [0.25, 0.3) is 0 Å². The monoisotopic (exact) mass is 369 g/mol. The first-order valence-electron chi connectivity index (χ1n) is 11.1. The third-order valence-electron chi connectivity index (χ3n) is 4.90. The molecular formula is C22H43NO3. The summed E-state index contributed by atoms with van der Waals surface area (Å²) in [5.41, 5.74) is 0. The van der Waals surface area contributed by atoms with Gasteiger partial charge >= 0.3 is 5.97 Å². The van der Waals surface area contributed by atoms with Gasteiger partial charge in [0.15, 0.2) is 0 Å². The molecule has 0 aliphatic carbocycles. The Hall–Kier alpha value is -1.06. The van der Waals surface area contributed by atoms with Crippen molar-refractivity contribution in [1.82, 2.24) is 5.32 Å². The van der Waals surface area contributed by atoms with E-state index in [9.17, 15) is 9.59 Å². The Morgan fingerprint density at radius 1 is 0.615 bits per heavy atom. The molecule has 2 N–H and O–H groups in total. The second-order valence-electron chi connectivity index (χ2n) is 7.55. The Morgan fingerprint density at radius 3 is 1.46 bits per heavy atom. The first-order valence-corrected chi connectivity index (χ1v) is 11.1. The molecule has 0 aliphatic rings. The highest BCUT2D eigenvalue weighted by Gasteiger charge is 2.02. The fourth-order valence-electron chi connectivity index (χ4n) is 3.21. The molecule has 0 aliphatic heterocycles. The predicted octanol–water partition coefficient (Wildman–Crippen LogP) is 6.23. The van der Waals surface area contributed by atoms with Crippen LogP contribution in [0.4, 0.5) is 0 Å². The third kappa shape index (κ3) is 21.0. The number of carbonyl (C=O) groups excluding carboxylic acids is 1. The number of carbonyl (C=O) groups is 2. The molecule has 0 fully saturated rings. The van der Waals surface area contributed by atoms with Gasteiger partial charge in [-0.1, -0.05) is 96.8 Å². The lowest BCUT2D eigenvalue weighted by atomic mass is 10.0. The summed E-state index contributed by atoms with van der Waals surface area (Å²) >= 11 is 0. The molecule has 0 bridgehead atoms. The number of carboxylic acid groups (broad SMARTS) is 1. The van der Waals surface area contributed by atoms with Gasteiger partial charge in [0.1, 0.15) is 0 Å². The molecule has 0 heterocycles. The summed E-state index contributed by atoms with van der Waals surface area (Å²) < 4.78 is 0. The fraction of sp³-hybridized carbons (Fsp3) is 0.909. The van der Waals surface area contributed by atoms with Gasteiger partial charge in [-0.3, -0.25) is 9.59 Å². The standard InChI is InChI=1S/C22H43NO3/c1-2-3-4-5-6-7-8-9-10-11-12-13-14-15-16-18-21(24)23-20-17-19-22(25)26/h2-20H2,1H3,(H,23,24)(H,25,26). The van der Waals surface area contributed by atoms with E-state index in [4.69, 9.17) is 5.11 Å². The Kier molecular flexibility index (Phi) is 19.4. The Bertz CT molecular complexity index is 331. The molecule has 0 saturated carbocycles. The van der Waals surface area contributed by atoms with Crippen LogP contribution in [0.3, 0.4) is 0 Å². The molecule has 1 amide bonds. The van der Waals surface area contributed by atoms with Crippen molar-refractivity contribution in [2.24, 2.45) is 0 Å². The summed E-state index contributed by atoms with van der Waals surface area (Å²) in [6, 6.07) is 0. The molecule has 0 atom stereocenters. The van der Waals surface area contributed by atoms with E-state index in [-0.39, 0.29) is 12.3 Å². The average molecular weight is 370 g/mol. The van der Waals surface area contributed by atoms with E-state index < -0.39 is 5.97 Å². The van der Waals surface area contributed by atoms with Gasteiger partial charge in [0.2, 0.25) is 5.91 Å². The Morgan fingerprint density at radius 2 is 1.04 bits per heavy atom. The number of hydrogen-bond donors (Lipinski definition) is 2. The SMILES string of the molecule is CCCCCCCCCCCCCCCCCC(=O)NCCCC(=O)O. The van der Waals surface area contributed by atoms with Crippen LogP contribution in [0.25, 0.3) is 0 Å². The molecule has 26 heavy (non-hydrogen) atoms. The van der Waals surface area contributed by atoms with Gasteiger partial charge in [-0.2, -0.15) is 0 Å². The molecule has 0 rings (SSSR count). The molecule has 0 radical (unpaired) electrons. The Balaban J connectivity index is 3.12. The molecule has 0 unspecified atom stereocenters. The number of rotatable bonds is 20. The van der Waals surface area contributed by atoms with Crippen molar-refractivity contribution in [3.05, 3.63) is 0 Å². The van der Waals surface area contributed by atoms with Gasteiger partial charge in [0.05, 0.1) is 0 Å². The summed E-state index contributed by atoms with van der Waals surface area (Å²) in [5.74, 6) is -0.744. The summed E-state index contributed by atoms with van der Waals surface area (Å²) in [4.78, 5) is 21.9. The highest BCUT2D eigenvalue weighted by atomic mass is 16.4. The lowest BCUT2D eigenvalue weighted by Gasteiger charge is -2.05. The average Bonchev–Trinajstić information content (AvgIpc) is 2.62. The molecule has 0 saturated heterocycles. The van der Waals surface area contributed by atoms with E-state index in [0.717, 1.165) is 12.8 Å². The number of hydrogen-bond acceptors (Lipinski definition) is 2. The van der Waals surface area contributed by atoms with E-state index in [2.05, 4.69) is 12.2 Å². The van der Waals surface area contributed by atoms with Crippen LogP contribution >= 0.6 is 0 Å². The van der Waals surface area contributed by atoms with Crippen molar-refractivity contribution in [3.8, 4) is 0 Å².